The van der Waals surface area contributed by atoms with Gasteiger partial charge in [0.25, 0.3) is 0 Å². The number of hydrogen-bond acceptors (Lipinski definition) is 4. The summed E-state index contributed by atoms with van der Waals surface area (Å²) in [5.41, 5.74) is 6.22. The molecular formula is C14H22N2O3. The minimum Gasteiger partial charge on any atom is -0.494 e. The highest BCUT2D eigenvalue weighted by Gasteiger charge is 2.17. The van der Waals surface area contributed by atoms with Crippen LogP contribution in [0.25, 0.3) is 0 Å². The lowest BCUT2D eigenvalue weighted by molar-refractivity contribution is -0.120. The Hall–Kier alpha value is -1.59. The van der Waals surface area contributed by atoms with E-state index in [0.29, 0.717) is 19.8 Å². The number of benzene rings is 1. The van der Waals surface area contributed by atoms with E-state index in [4.69, 9.17) is 15.2 Å². The number of nitrogens with two attached hydrogens (primary N) is 1. The Morgan fingerprint density at radius 3 is 2.84 bits per heavy atom. The molecule has 0 aliphatic heterocycles. The maximum atomic E-state index is 11.5. The van der Waals surface area contributed by atoms with E-state index in [1.807, 2.05) is 31.2 Å². The van der Waals surface area contributed by atoms with E-state index in [1.54, 1.807) is 7.11 Å². The van der Waals surface area contributed by atoms with Crippen LogP contribution in [-0.4, -0.2) is 32.8 Å². The summed E-state index contributed by atoms with van der Waals surface area (Å²) in [5, 5.41) is 3.06. The SMILES string of the molecule is CCCOc1cccc(C(NCCOC)C(N)=O)c1. The van der Waals surface area contributed by atoms with Crippen LogP contribution in [0.3, 0.4) is 0 Å². The number of ether oxygens (including phenoxy) is 2. The van der Waals surface area contributed by atoms with Crippen LogP contribution >= 0.6 is 0 Å². The Kier molecular flexibility index (Phi) is 6.92. The van der Waals surface area contributed by atoms with Crippen molar-refractivity contribution in [1.29, 1.82) is 0 Å². The molecule has 5 nitrogen and oxygen atoms in total. The van der Waals surface area contributed by atoms with Crippen molar-refractivity contribution < 1.29 is 14.3 Å². The average Bonchev–Trinajstić information content (AvgIpc) is 2.41. The molecule has 0 radical (unpaired) electrons. The van der Waals surface area contributed by atoms with Gasteiger partial charge in [0.05, 0.1) is 13.2 Å². The fourth-order valence-corrected chi connectivity index (χ4v) is 1.69. The van der Waals surface area contributed by atoms with Gasteiger partial charge in [-0.15, -0.1) is 0 Å². The number of rotatable bonds is 9. The van der Waals surface area contributed by atoms with Gasteiger partial charge in [-0.2, -0.15) is 0 Å². The van der Waals surface area contributed by atoms with Crippen molar-refractivity contribution in [2.75, 3.05) is 26.9 Å². The molecule has 0 heterocycles. The largest absolute Gasteiger partial charge is 0.494 e. The predicted octanol–water partition coefficient (Wildman–Crippen LogP) is 1.24. The average molecular weight is 266 g/mol. The summed E-state index contributed by atoms with van der Waals surface area (Å²) in [4.78, 5) is 11.5. The topological polar surface area (TPSA) is 73.6 Å². The minimum atomic E-state index is -0.527. The van der Waals surface area contributed by atoms with Gasteiger partial charge in [-0.05, 0) is 24.1 Å². The number of carbonyl (C=O) groups is 1. The van der Waals surface area contributed by atoms with Gasteiger partial charge in [-0.1, -0.05) is 19.1 Å². The first-order valence-corrected chi connectivity index (χ1v) is 6.43. The maximum absolute atomic E-state index is 11.5. The number of hydrogen-bond donors (Lipinski definition) is 2. The highest BCUT2D eigenvalue weighted by Crippen LogP contribution is 2.19. The van der Waals surface area contributed by atoms with E-state index in [2.05, 4.69) is 5.32 Å². The molecule has 0 spiro atoms. The summed E-state index contributed by atoms with van der Waals surface area (Å²) in [6.07, 6.45) is 0.940. The van der Waals surface area contributed by atoms with Gasteiger partial charge in [0, 0.05) is 13.7 Å². The molecule has 1 amide bonds. The highest BCUT2D eigenvalue weighted by molar-refractivity contribution is 5.81. The van der Waals surface area contributed by atoms with E-state index >= 15 is 0 Å². The number of primary amides is 1. The molecule has 0 aromatic heterocycles. The second-order valence-corrected chi connectivity index (χ2v) is 4.20. The summed E-state index contributed by atoms with van der Waals surface area (Å²) in [6.45, 7) is 3.78. The zero-order chi connectivity index (χ0) is 14.1. The van der Waals surface area contributed by atoms with Gasteiger partial charge < -0.3 is 15.2 Å². The number of methoxy groups -OCH3 is 1. The zero-order valence-electron chi connectivity index (χ0n) is 11.5. The molecule has 5 heteroatoms. The molecule has 1 unspecified atom stereocenters. The summed E-state index contributed by atoms with van der Waals surface area (Å²) < 4.78 is 10.5. The van der Waals surface area contributed by atoms with E-state index in [9.17, 15) is 4.79 Å². The molecule has 106 valence electrons. The maximum Gasteiger partial charge on any atom is 0.239 e. The third kappa shape index (κ3) is 5.28. The van der Waals surface area contributed by atoms with Crippen LogP contribution in [0.1, 0.15) is 24.9 Å². The molecule has 0 aliphatic carbocycles. The van der Waals surface area contributed by atoms with E-state index in [0.717, 1.165) is 17.7 Å². The van der Waals surface area contributed by atoms with Gasteiger partial charge in [0.15, 0.2) is 0 Å². The Balaban J connectivity index is 2.74. The Morgan fingerprint density at radius 1 is 1.42 bits per heavy atom. The van der Waals surface area contributed by atoms with Crippen LogP contribution in [0.4, 0.5) is 0 Å². The van der Waals surface area contributed by atoms with Crippen molar-refractivity contribution in [2.24, 2.45) is 5.73 Å². The van der Waals surface area contributed by atoms with Crippen molar-refractivity contribution in [3.8, 4) is 5.75 Å². The monoisotopic (exact) mass is 266 g/mol. The third-order valence-electron chi connectivity index (χ3n) is 2.60. The smallest absolute Gasteiger partial charge is 0.239 e. The predicted molar refractivity (Wildman–Crippen MR) is 74.0 cm³/mol. The quantitative estimate of drug-likeness (QED) is 0.659. The fourth-order valence-electron chi connectivity index (χ4n) is 1.69. The highest BCUT2D eigenvalue weighted by atomic mass is 16.5. The van der Waals surface area contributed by atoms with Crippen LogP contribution in [0.15, 0.2) is 24.3 Å². The Bertz CT molecular complexity index is 396. The molecule has 0 bridgehead atoms. The van der Waals surface area contributed by atoms with Gasteiger partial charge in [0.1, 0.15) is 11.8 Å². The van der Waals surface area contributed by atoms with Gasteiger partial charge in [0.2, 0.25) is 5.91 Å². The summed E-state index contributed by atoms with van der Waals surface area (Å²) >= 11 is 0. The normalized spacial score (nSPS) is 12.1. The van der Waals surface area contributed by atoms with Crippen LogP contribution in [0.5, 0.6) is 5.75 Å². The van der Waals surface area contributed by atoms with Crippen LogP contribution in [0, 0.1) is 0 Å². The van der Waals surface area contributed by atoms with Gasteiger partial charge >= 0.3 is 0 Å². The van der Waals surface area contributed by atoms with Crippen molar-refractivity contribution in [3.63, 3.8) is 0 Å². The molecule has 1 atom stereocenters. The first-order valence-electron chi connectivity index (χ1n) is 6.43. The minimum absolute atomic E-state index is 0.413. The standard InChI is InChI=1S/C14H22N2O3/c1-3-8-19-12-6-4-5-11(10-12)13(14(15)17)16-7-9-18-2/h4-6,10,13,16H,3,7-9H2,1-2H3,(H2,15,17). The molecule has 0 aliphatic rings. The lowest BCUT2D eigenvalue weighted by atomic mass is 10.1. The lowest BCUT2D eigenvalue weighted by Gasteiger charge is -2.16. The zero-order valence-corrected chi connectivity index (χ0v) is 11.5. The summed E-state index contributed by atoms with van der Waals surface area (Å²) in [5.74, 6) is 0.336. The van der Waals surface area contributed by atoms with E-state index in [-0.39, 0.29) is 0 Å². The van der Waals surface area contributed by atoms with E-state index < -0.39 is 11.9 Å². The van der Waals surface area contributed by atoms with Gasteiger partial charge in [-0.25, -0.2) is 0 Å². The van der Waals surface area contributed by atoms with Gasteiger partial charge in [-0.3, -0.25) is 10.1 Å². The molecule has 1 aromatic carbocycles. The fraction of sp³-hybridized carbons (Fsp3) is 0.500. The molecule has 0 fully saturated rings. The first-order chi connectivity index (χ1) is 9.19. The van der Waals surface area contributed by atoms with Crippen molar-refractivity contribution in [3.05, 3.63) is 29.8 Å². The third-order valence-corrected chi connectivity index (χ3v) is 2.60. The molecule has 1 aromatic rings. The molecular weight excluding hydrogens is 244 g/mol. The lowest BCUT2D eigenvalue weighted by Crippen LogP contribution is -2.35. The van der Waals surface area contributed by atoms with Crippen LogP contribution < -0.4 is 15.8 Å². The molecule has 3 N–H and O–H groups in total. The first kappa shape index (κ1) is 15.5. The molecule has 1 rings (SSSR count). The number of amides is 1. The van der Waals surface area contributed by atoms with Crippen LogP contribution in [0.2, 0.25) is 0 Å². The van der Waals surface area contributed by atoms with Crippen molar-refractivity contribution in [1.82, 2.24) is 5.32 Å². The van der Waals surface area contributed by atoms with Crippen LogP contribution in [-0.2, 0) is 9.53 Å². The van der Waals surface area contributed by atoms with Crippen molar-refractivity contribution in [2.45, 2.75) is 19.4 Å². The summed E-state index contributed by atoms with van der Waals surface area (Å²) in [7, 11) is 1.61. The Morgan fingerprint density at radius 2 is 2.21 bits per heavy atom. The van der Waals surface area contributed by atoms with Crippen molar-refractivity contribution >= 4 is 5.91 Å². The molecule has 19 heavy (non-hydrogen) atoms. The number of nitrogens with one attached hydrogen (secondary N) is 1. The van der Waals surface area contributed by atoms with E-state index in [1.165, 1.54) is 0 Å². The summed E-state index contributed by atoms with van der Waals surface area (Å²) in [6, 6.07) is 6.89. The second-order valence-electron chi connectivity index (χ2n) is 4.20. The molecule has 0 saturated carbocycles. The Labute approximate surface area is 114 Å². The molecule has 0 saturated heterocycles. The second kappa shape index (κ2) is 8.50. The number of carbonyl (C=O) groups excluding carboxylic acids is 1.